The molecule has 2 aromatic carbocycles. The molecular formula is C20H22N2O3S. The molecule has 0 saturated carbocycles. The van der Waals surface area contributed by atoms with Crippen molar-refractivity contribution in [2.45, 2.75) is 24.9 Å². The average molecular weight is 370 g/mol. The molecule has 5 nitrogen and oxygen atoms in total. The Morgan fingerprint density at radius 3 is 2.38 bits per heavy atom. The van der Waals surface area contributed by atoms with Gasteiger partial charge >= 0.3 is 0 Å². The van der Waals surface area contributed by atoms with Gasteiger partial charge in [0.1, 0.15) is 5.75 Å². The molecule has 0 bridgehead atoms. The summed E-state index contributed by atoms with van der Waals surface area (Å²) in [5.74, 6) is 0.656. The highest BCUT2D eigenvalue weighted by Gasteiger charge is 2.14. The van der Waals surface area contributed by atoms with Crippen LogP contribution in [0.1, 0.15) is 18.2 Å². The van der Waals surface area contributed by atoms with E-state index in [2.05, 4.69) is 4.72 Å². The highest BCUT2D eigenvalue weighted by Crippen LogP contribution is 2.16. The number of nitrogens with one attached hydrogen (secondary N) is 1. The Labute approximate surface area is 154 Å². The molecule has 0 fully saturated rings. The topological polar surface area (TPSA) is 60.3 Å². The molecule has 0 unspecified atom stereocenters. The zero-order valence-electron chi connectivity index (χ0n) is 14.6. The van der Waals surface area contributed by atoms with Crippen LogP contribution >= 0.6 is 0 Å². The number of benzene rings is 2. The van der Waals surface area contributed by atoms with Crippen LogP contribution in [0.25, 0.3) is 0 Å². The second-order valence-corrected chi connectivity index (χ2v) is 7.61. The van der Waals surface area contributed by atoms with E-state index in [0.717, 1.165) is 5.69 Å². The van der Waals surface area contributed by atoms with E-state index in [-0.39, 0.29) is 11.4 Å². The zero-order chi connectivity index (χ0) is 18.4. The van der Waals surface area contributed by atoms with Gasteiger partial charge in [0.25, 0.3) is 0 Å². The van der Waals surface area contributed by atoms with Gasteiger partial charge < -0.3 is 9.30 Å². The molecule has 0 amide bonds. The van der Waals surface area contributed by atoms with E-state index in [1.165, 1.54) is 5.56 Å². The third kappa shape index (κ3) is 4.53. The Morgan fingerprint density at radius 1 is 0.962 bits per heavy atom. The van der Waals surface area contributed by atoms with Crippen molar-refractivity contribution in [2.75, 3.05) is 6.61 Å². The second kappa shape index (κ2) is 8.21. The molecule has 1 heterocycles. The van der Waals surface area contributed by atoms with Gasteiger partial charge in [0.2, 0.25) is 10.0 Å². The van der Waals surface area contributed by atoms with Gasteiger partial charge in [0.05, 0.1) is 18.0 Å². The maximum Gasteiger partial charge on any atom is 0.240 e. The van der Waals surface area contributed by atoms with Crippen LogP contribution in [0.15, 0.2) is 77.8 Å². The van der Waals surface area contributed by atoms with Gasteiger partial charge in [-0.05, 0) is 48.9 Å². The highest BCUT2D eigenvalue weighted by molar-refractivity contribution is 7.89. The van der Waals surface area contributed by atoms with Gasteiger partial charge in [0.15, 0.2) is 0 Å². The van der Waals surface area contributed by atoms with Gasteiger partial charge in [-0.15, -0.1) is 0 Å². The van der Waals surface area contributed by atoms with Crippen LogP contribution in [0.3, 0.4) is 0 Å². The Balaban J connectivity index is 1.67. The van der Waals surface area contributed by atoms with E-state index < -0.39 is 10.0 Å². The summed E-state index contributed by atoms with van der Waals surface area (Å²) in [6.07, 6.45) is 1.95. The van der Waals surface area contributed by atoms with E-state index in [1.807, 2.05) is 60.2 Å². The summed E-state index contributed by atoms with van der Waals surface area (Å²) in [5, 5.41) is 0. The maximum absolute atomic E-state index is 12.5. The number of sulfonamides is 1. The number of rotatable bonds is 8. The van der Waals surface area contributed by atoms with Gasteiger partial charge in [-0.1, -0.05) is 30.3 Å². The lowest BCUT2D eigenvalue weighted by Gasteiger charge is -2.11. The van der Waals surface area contributed by atoms with E-state index >= 15 is 0 Å². The smallest absolute Gasteiger partial charge is 0.240 e. The summed E-state index contributed by atoms with van der Waals surface area (Å²) in [4.78, 5) is 0.224. The average Bonchev–Trinajstić information content (AvgIpc) is 3.09. The van der Waals surface area contributed by atoms with Crippen molar-refractivity contribution in [3.05, 3.63) is 84.2 Å². The van der Waals surface area contributed by atoms with Crippen LogP contribution in [0.2, 0.25) is 0 Å². The molecule has 0 saturated heterocycles. The maximum atomic E-state index is 12.5. The first-order chi connectivity index (χ1) is 12.6. The molecule has 0 spiro atoms. The van der Waals surface area contributed by atoms with Gasteiger partial charge in [-0.2, -0.15) is 0 Å². The van der Waals surface area contributed by atoms with Crippen molar-refractivity contribution >= 4 is 10.0 Å². The molecule has 0 atom stereocenters. The largest absolute Gasteiger partial charge is 0.494 e. The summed E-state index contributed by atoms with van der Waals surface area (Å²) < 4.78 is 35.1. The van der Waals surface area contributed by atoms with Crippen molar-refractivity contribution < 1.29 is 13.2 Å². The summed E-state index contributed by atoms with van der Waals surface area (Å²) in [6.45, 7) is 3.36. The summed E-state index contributed by atoms with van der Waals surface area (Å²) >= 11 is 0. The van der Waals surface area contributed by atoms with Crippen molar-refractivity contribution in [2.24, 2.45) is 0 Å². The number of ether oxygens (including phenoxy) is 1. The van der Waals surface area contributed by atoms with Crippen LogP contribution in [0.5, 0.6) is 5.75 Å². The lowest BCUT2D eigenvalue weighted by molar-refractivity contribution is 0.340. The van der Waals surface area contributed by atoms with Crippen LogP contribution in [0, 0.1) is 0 Å². The Kier molecular flexibility index (Phi) is 5.75. The number of hydrogen-bond acceptors (Lipinski definition) is 3. The van der Waals surface area contributed by atoms with Crippen LogP contribution in [0.4, 0.5) is 0 Å². The van der Waals surface area contributed by atoms with E-state index in [0.29, 0.717) is 18.9 Å². The van der Waals surface area contributed by atoms with Crippen LogP contribution in [-0.4, -0.2) is 19.6 Å². The molecule has 3 aromatic rings. The predicted molar refractivity (Wildman–Crippen MR) is 102 cm³/mol. The molecular weight excluding hydrogens is 348 g/mol. The third-order valence-electron chi connectivity index (χ3n) is 4.01. The molecule has 136 valence electrons. The minimum Gasteiger partial charge on any atom is -0.494 e. The van der Waals surface area contributed by atoms with Crippen LogP contribution in [-0.2, 0) is 23.1 Å². The Morgan fingerprint density at radius 2 is 1.69 bits per heavy atom. The second-order valence-electron chi connectivity index (χ2n) is 5.84. The Hall–Kier alpha value is -2.57. The van der Waals surface area contributed by atoms with E-state index in [4.69, 9.17) is 4.74 Å². The predicted octanol–water partition coefficient (Wildman–Crippen LogP) is 3.41. The first-order valence-corrected chi connectivity index (χ1v) is 9.97. The molecule has 1 aromatic heterocycles. The van der Waals surface area contributed by atoms with Crippen LogP contribution < -0.4 is 9.46 Å². The molecule has 0 aliphatic carbocycles. The summed E-state index contributed by atoms with van der Waals surface area (Å²) in [6, 6.07) is 20.3. The lowest BCUT2D eigenvalue weighted by atomic mass is 10.2. The fourth-order valence-electron chi connectivity index (χ4n) is 2.68. The minimum atomic E-state index is -3.58. The quantitative estimate of drug-likeness (QED) is 0.661. The highest BCUT2D eigenvalue weighted by atomic mass is 32.2. The zero-order valence-corrected chi connectivity index (χ0v) is 15.4. The first-order valence-electron chi connectivity index (χ1n) is 8.49. The summed E-state index contributed by atoms with van der Waals surface area (Å²) in [5.41, 5.74) is 2.07. The normalized spacial score (nSPS) is 11.4. The number of aromatic nitrogens is 1. The van der Waals surface area contributed by atoms with Gasteiger partial charge in [-0.25, -0.2) is 13.1 Å². The molecule has 1 N–H and O–H groups in total. The monoisotopic (exact) mass is 370 g/mol. The van der Waals surface area contributed by atoms with E-state index in [9.17, 15) is 8.42 Å². The number of nitrogens with zero attached hydrogens (tertiary/aromatic N) is 1. The van der Waals surface area contributed by atoms with Gasteiger partial charge in [-0.3, -0.25) is 0 Å². The van der Waals surface area contributed by atoms with Crippen molar-refractivity contribution in [1.29, 1.82) is 0 Å². The fourth-order valence-corrected chi connectivity index (χ4v) is 3.68. The summed E-state index contributed by atoms with van der Waals surface area (Å²) in [7, 11) is -3.58. The molecule has 3 rings (SSSR count). The Bertz CT molecular complexity index is 933. The van der Waals surface area contributed by atoms with Crippen molar-refractivity contribution in [1.82, 2.24) is 9.29 Å². The molecule has 0 radical (unpaired) electrons. The number of hydrogen-bond donors (Lipinski definition) is 1. The van der Waals surface area contributed by atoms with E-state index in [1.54, 1.807) is 24.3 Å². The van der Waals surface area contributed by atoms with Crippen molar-refractivity contribution in [3.8, 4) is 5.75 Å². The molecule has 0 aliphatic heterocycles. The molecule has 6 heteroatoms. The van der Waals surface area contributed by atoms with Gasteiger partial charge in [0, 0.05) is 18.4 Å². The standard InChI is InChI=1S/C20H22N2O3S/c1-2-25-19-10-12-20(13-11-19)26(23,24)21-15-18-9-6-14-22(18)16-17-7-4-3-5-8-17/h3-14,21H,2,15-16H2,1H3. The first kappa shape index (κ1) is 18.2. The lowest BCUT2D eigenvalue weighted by Crippen LogP contribution is -2.24. The molecule has 26 heavy (non-hydrogen) atoms. The SMILES string of the molecule is CCOc1ccc(S(=O)(=O)NCc2cccn2Cc2ccccc2)cc1. The van der Waals surface area contributed by atoms with Crippen molar-refractivity contribution in [3.63, 3.8) is 0 Å². The third-order valence-corrected chi connectivity index (χ3v) is 5.42. The fraction of sp³-hybridized carbons (Fsp3) is 0.200. The minimum absolute atomic E-state index is 0.224. The molecule has 0 aliphatic rings.